The Morgan fingerprint density at radius 1 is 0.373 bits per heavy atom. The highest BCUT2D eigenvalue weighted by molar-refractivity contribution is 6.32. The van der Waals surface area contributed by atoms with Crippen LogP contribution in [0.4, 0.5) is 17.1 Å². The van der Waals surface area contributed by atoms with Gasteiger partial charge in [-0.15, -0.1) is 0 Å². The van der Waals surface area contributed by atoms with Gasteiger partial charge in [-0.05, 0) is 102 Å². The lowest BCUT2D eigenvalue weighted by Gasteiger charge is -2.29. The molecule has 0 fully saturated rings. The molecule has 0 unspecified atom stereocenters. The van der Waals surface area contributed by atoms with Crippen molar-refractivity contribution in [1.82, 2.24) is 0 Å². The fourth-order valence-electron chi connectivity index (χ4n) is 10.0. The zero-order chi connectivity index (χ0) is 39.2. The molecule has 0 radical (unpaired) electrons. The molecular weight excluding hydrogens is 715 g/mol. The van der Waals surface area contributed by atoms with Crippen LogP contribution in [-0.2, 0) is 5.41 Å². The molecule has 1 aromatic heterocycles. The van der Waals surface area contributed by atoms with Crippen LogP contribution < -0.4 is 4.90 Å². The maximum Gasteiger partial charge on any atom is 0.143 e. The molecule has 10 aromatic carbocycles. The molecule has 0 atom stereocenters. The minimum atomic E-state index is -0.149. The Kier molecular flexibility index (Phi) is 7.31. The first-order chi connectivity index (χ1) is 29.0. The van der Waals surface area contributed by atoms with Crippen LogP contribution in [0.3, 0.4) is 0 Å². The van der Waals surface area contributed by atoms with Crippen LogP contribution in [0, 0.1) is 0 Å². The van der Waals surface area contributed by atoms with Crippen LogP contribution in [0.5, 0.6) is 0 Å². The molecule has 0 N–H and O–H groups in total. The van der Waals surface area contributed by atoms with E-state index in [-0.39, 0.29) is 5.41 Å². The zero-order valence-electron chi connectivity index (χ0n) is 32.9. The van der Waals surface area contributed by atoms with Crippen molar-refractivity contribution >= 4 is 71.3 Å². The van der Waals surface area contributed by atoms with Gasteiger partial charge in [-0.2, -0.15) is 0 Å². The molecule has 2 nitrogen and oxygen atoms in total. The summed E-state index contributed by atoms with van der Waals surface area (Å²) in [5, 5.41) is 9.45. The van der Waals surface area contributed by atoms with Crippen molar-refractivity contribution in [2.24, 2.45) is 0 Å². The lowest BCUT2D eigenvalue weighted by molar-refractivity contribution is 0.660. The number of hydrogen-bond acceptors (Lipinski definition) is 2. The molecule has 0 aliphatic heterocycles. The van der Waals surface area contributed by atoms with Crippen LogP contribution in [0.2, 0.25) is 0 Å². The zero-order valence-corrected chi connectivity index (χ0v) is 32.9. The number of nitrogens with zero attached hydrogens (tertiary/aromatic N) is 1. The van der Waals surface area contributed by atoms with Crippen molar-refractivity contribution in [3.63, 3.8) is 0 Å². The highest BCUT2D eigenvalue weighted by Gasteiger charge is 2.36. The van der Waals surface area contributed by atoms with Gasteiger partial charge in [0.1, 0.15) is 11.2 Å². The normalized spacial score (nSPS) is 13.1. The van der Waals surface area contributed by atoms with Crippen LogP contribution in [0.1, 0.15) is 25.0 Å². The summed E-state index contributed by atoms with van der Waals surface area (Å²) in [6, 6.07) is 73.1. The summed E-state index contributed by atoms with van der Waals surface area (Å²) in [7, 11) is 0. The number of hydrogen-bond donors (Lipinski definition) is 0. The van der Waals surface area contributed by atoms with Gasteiger partial charge in [-0.25, -0.2) is 0 Å². The third-order valence-corrected chi connectivity index (χ3v) is 12.8. The molecule has 11 aromatic rings. The second kappa shape index (κ2) is 12.8. The molecule has 278 valence electrons. The summed E-state index contributed by atoms with van der Waals surface area (Å²) in [5.41, 5.74) is 14.9. The topological polar surface area (TPSA) is 16.4 Å². The van der Waals surface area contributed by atoms with Crippen LogP contribution >= 0.6 is 0 Å². The van der Waals surface area contributed by atoms with E-state index in [0.717, 1.165) is 50.0 Å². The minimum absolute atomic E-state index is 0.149. The number of benzene rings is 10. The Morgan fingerprint density at radius 2 is 0.966 bits per heavy atom. The number of fused-ring (bicyclic) bond motifs is 12. The van der Waals surface area contributed by atoms with Gasteiger partial charge in [0.05, 0.1) is 5.69 Å². The van der Waals surface area contributed by atoms with Crippen LogP contribution in [-0.4, -0.2) is 0 Å². The Morgan fingerprint density at radius 3 is 1.78 bits per heavy atom. The number of anilines is 3. The fourth-order valence-corrected chi connectivity index (χ4v) is 10.0. The third-order valence-electron chi connectivity index (χ3n) is 12.8. The highest BCUT2D eigenvalue weighted by atomic mass is 16.3. The summed E-state index contributed by atoms with van der Waals surface area (Å²) < 4.78 is 7.21. The highest BCUT2D eigenvalue weighted by Crippen LogP contribution is 2.52. The van der Waals surface area contributed by atoms with E-state index in [2.05, 4.69) is 219 Å². The van der Waals surface area contributed by atoms with Gasteiger partial charge in [0.15, 0.2) is 0 Å². The molecule has 1 aliphatic rings. The molecule has 0 bridgehead atoms. The first kappa shape index (κ1) is 33.7. The minimum Gasteiger partial charge on any atom is -0.455 e. The van der Waals surface area contributed by atoms with E-state index in [4.69, 9.17) is 4.42 Å². The smallest absolute Gasteiger partial charge is 0.143 e. The summed E-state index contributed by atoms with van der Waals surface area (Å²) in [6.07, 6.45) is 0. The van der Waals surface area contributed by atoms with Crippen LogP contribution in [0.25, 0.3) is 87.6 Å². The van der Waals surface area contributed by atoms with Crippen molar-refractivity contribution in [2.75, 3.05) is 4.90 Å². The maximum atomic E-state index is 7.21. The van der Waals surface area contributed by atoms with Crippen molar-refractivity contribution in [3.8, 4) is 33.4 Å². The Bertz CT molecular complexity index is 3460. The fraction of sp³-hybridized carbons (Fsp3) is 0.0526. The third kappa shape index (κ3) is 5.06. The van der Waals surface area contributed by atoms with E-state index in [1.165, 1.54) is 65.9 Å². The molecule has 0 saturated heterocycles. The standard InChI is InChI=1S/C57H39NO/c1-57(2)51-26-13-12-22-46(51)47-32-31-40(34-52(47)57)58(39-29-27-37(28-30-39)36-15-4-3-5-16-36)41-33-50(43-25-14-18-38-17-6-7-19-42(38)43)54-53(35-41)59-56-49-24-11-9-21-45(49)44-20-8-10-23-48(44)55(54)56/h3-35H,1-2H3. The summed E-state index contributed by atoms with van der Waals surface area (Å²) in [5.74, 6) is 0. The Balaban J connectivity index is 1.18. The van der Waals surface area contributed by atoms with Crippen molar-refractivity contribution in [3.05, 3.63) is 211 Å². The first-order valence-electron chi connectivity index (χ1n) is 20.5. The number of furan rings is 1. The molecule has 1 aliphatic carbocycles. The Hall–Kier alpha value is -7.42. The van der Waals surface area contributed by atoms with Gasteiger partial charge in [-0.1, -0.05) is 178 Å². The van der Waals surface area contributed by atoms with Crippen molar-refractivity contribution < 1.29 is 4.42 Å². The maximum absolute atomic E-state index is 7.21. The summed E-state index contributed by atoms with van der Waals surface area (Å²) >= 11 is 0. The molecule has 0 amide bonds. The Labute approximate surface area is 343 Å². The van der Waals surface area contributed by atoms with E-state index >= 15 is 0 Å². The molecule has 0 saturated carbocycles. The van der Waals surface area contributed by atoms with Crippen molar-refractivity contribution in [1.29, 1.82) is 0 Å². The lowest BCUT2D eigenvalue weighted by atomic mass is 9.82. The predicted octanol–water partition coefficient (Wildman–Crippen LogP) is 16.2. The van der Waals surface area contributed by atoms with Crippen molar-refractivity contribution in [2.45, 2.75) is 19.3 Å². The molecule has 1 heterocycles. The molecular formula is C57H39NO. The average Bonchev–Trinajstić information content (AvgIpc) is 3.79. The first-order valence-corrected chi connectivity index (χ1v) is 20.5. The predicted molar refractivity (Wildman–Crippen MR) is 249 cm³/mol. The second-order valence-corrected chi connectivity index (χ2v) is 16.4. The van der Waals surface area contributed by atoms with Gasteiger partial charge in [-0.3, -0.25) is 0 Å². The van der Waals surface area contributed by atoms with E-state index in [1.54, 1.807) is 0 Å². The van der Waals surface area contributed by atoms with Crippen LogP contribution in [0.15, 0.2) is 205 Å². The largest absolute Gasteiger partial charge is 0.455 e. The SMILES string of the molecule is CC1(C)c2ccccc2-c2ccc(N(c3ccc(-c4ccccc4)cc3)c3cc(-c4cccc5ccccc45)c4c(c3)oc3c5ccccc5c5ccccc5c34)cc21. The van der Waals surface area contributed by atoms with E-state index < -0.39 is 0 Å². The van der Waals surface area contributed by atoms with E-state index in [1.807, 2.05) is 0 Å². The van der Waals surface area contributed by atoms with Gasteiger partial charge in [0.25, 0.3) is 0 Å². The second-order valence-electron chi connectivity index (χ2n) is 16.4. The van der Waals surface area contributed by atoms with E-state index in [0.29, 0.717) is 0 Å². The summed E-state index contributed by atoms with van der Waals surface area (Å²) in [6.45, 7) is 4.71. The average molecular weight is 754 g/mol. The van der Waals surface area contributed by atoms with E-state index in [9.17, 15) is 0 Å². The van der Waals surface area contributed by atoms with Gasteiger partial charge in [0.2, 0.25) is 0 Å². The quantitative estimate of drug-likeness (QED) is 0.163. The van der Waals surface area contributed by atoms with Gasteiger partial charge < -0.3 is 9.32 Å². The summed E-state index contributed by atoms with van der Waals surface area (Å²) in [4.78, 5) is 2.42. The molecule has 59 heavy (non-hydrogen) atoms. The molecule has 12 rings (SSSR count). The lowest BCUT2D eigenvalue weighted by Crippen LogP contribution is -2.16. The molecule has 2 heteroatoms. The monoisotopic (exact) mass is 753 g/mol. The van der Waals surface area contributed by atoms with Gasteiger partial charge in [0, 0.05) is 39.0 Å². The molecule has 0 spiro atoms. The number of rotatable bonds is 5. The van der Waals surface area contributed by atoms with Gasteiger partial charge >= 0.3 is 0 Å².